The summed E-state index contributed by atoms with van der Waals surface area (Å²) in [6, 6.07) is 0. The van der Waals surface area contributed by atoms with E-state index in [1.807, 2.05) is 17.9 Å². The predicted molar refractivity (Wildman–Crippen MR) is 45.5 cm³/mol. The fourth-order valence-corrected chi connectivity index (χ4v) is 1.15. The molecule has 10 heavy (non-hydrogen) atoms. The van der Waals surface area contributed by atoms with E-state index in [0.29, 0.717) is 0 Å². The highest BCUT2D eigenvalue weighted by Crippen LogP contribution is 2.06. The second-order valence-electron chi connectivity index (χ2n) is 2.35. The Hall–Kier alpha value is -0.440. The Morgan fingerprint density at radius 3 is 2.80 bits per heavy atom. The molecule has 0 aliphatic heterocycles. The minimum Gasteiger partial charge on any atom is -0.273 e. The first-order valence-electron chi connectivity index (χ1n) is 3.34. The van der Waals surface area contributed by atoms with Gasteiger partial charge in [0.05, 0.1) is 6.20 Å². The quantitative estimate of drug-likeness (QED) is 0.637. The van der Waals surface area contributed by atoms with Crippen molar-refractivity contribution >= 4 is 12.6 Å². The molecule has 0 radical (unpaired) electrons. The first-order chi connectivity index (χ1) is 4.75. The van der Waals surface area contributed by atoms with Crippen molar-refractivity contribution in [3.63, 3.8) is 0 Å². The molecule has 0 saturated carbocycles. The zero-order valence-corrected chi connectivity index (χ0v) is 7.23. The van der Waals surface area contributed by atoms with Gasteiger partial charge in [-0.25, -0.2) is 0 Å². The third-order valence-corrected chi connectivity index (χ3v) is 1.94. The van der Waals surface area contributed by atoms with E-state index in [1.165, 1.54) is 11.3 Å². The smallest absolute Gasteiger partial charge is 0.0524 e. The summed E-state index contributed by atoms with van der Waals surface area (Å²) in [4.78, 5) is 0. The van der Waals surface area contributed by atoms with Gasteiger partial charge in [0.15, 0.2) is 0 Å². The van der Waals surface area contributed by atoms with E-state index < -0.39 is 0 Å². The van der Waals surface area contributed by atoms with Gasteiger partial charge in [-0.15, -0.1) is 0 Å². The lowest BCUT2D eigenvalue weighted by molar-refractivity contribution is 0.738. The maximum absolute atomic E-state index is 4.15. The molecule has 0 aromatic carbocycles. The third-order valence-electron chi connectivity index (χ3n) is 1.72. The van der Waals surface area contributed by atoms with E-state index in [-0.39, 0.29) is 0 Å². The highest BCUT2D eigenvalue weighted by atomic mass is 32.1. The predicted octanol–water partition coefficient (Wildman–Crippen LogP) is 1.20. The Labute approximate surface area is 66.7 Å². The van der Waals surface area contributed by atoms with Crippen LogP contribution in [0.5, 0.6) is 0 Å². The number of nitrogens with zero attached hydrogens (tertiary/aromatic N) is 2. The number of hydrogen-bond acceptors (Lipinski definition) is 2. The summed E-state index contributed by atoms with van der Waals surface area (Å²) in [6.07, 6.45) is 2.92. The third kappa shape index (κ3) is 1.34. The summed E-state index contributed by atoms with van der Waals surface area (Å²) in [5.41, 5.74) is 2.55. The van der Waals surface area contributed by atoms with E-state index in [4.69, 9.17) is 0 Å². The fraction of sp³-hybridized carbons (Fsp3) is 0.571. The number of rotatable bonds is 2. The first-order valence-corrected chi connectivity index (χ1v) is 3.97. The van der Waals surface area contributed by atoms with E-state index in [1.54, 1.807) is 0 Å². The van der Waals surface area contributed by atoms with Gasteiger partial charge in [0.1, 0.15) is 0 Å². The zero-order valence-electron chi connectivity index (χ0n) is 6.33. The topological polar surface area (TPSA) is 17.8 Å². The van der Waals surface area contributed by atoms with E-state index >= 15 is 0 Å². The molecule has 0 spiro atoms. The van der Waals surface area contributed by atoms with Gasteiger partial charge in [-0.05, 0) is 24.7 Å². The lowest BCUT2D eigenvalue weighted by Crippen LogP contribution is -1.94. The van der Waals surface area contributed by atoms with Crippen LogP contribution in [-0.4, -0.2) is 15.5 Å². The molecule has 1 aromatic rings. The van der Waals surface area contributed by atoms with Crippen molar-refractivity contribution in [2.75, 3.05) is 5.75 Å². The van der Waals surface area contributed by atoms with Crippen LogP contribution < -0.4 is 0 Å². The monoisotopic (exact) mass is 156 g/mol. The summed E-state index contributed by atoms with van der Waals surface area (Å²) < 4.78 is 1.89. The molecular weight excluding hydrogens is 144 g/mol. The van der Waals surface area contributed by atoms with Crippen molar-refractivity contribution in [1.82, 2.24) is 9.78 Å². The Balaban J connectivity index is 2.83. The number of thiol groups is 1. The molecule has 1 heterocycles. The number of aryl methyl sites for hydroxylation is 2. The second-order valence-corrected chi connectivity index (χ2v) is 2.80. The maximum atomic E-state index is 4.15. The van der Waals surface area contributed by atoms with E-state index in [0.717, 1.165) is 12.2 Å². The van der Waals surface area contributed by atoms with Crippen LogP contribution in [0.25, 0.3) is 0 Å². The normalized spacial score (nSPS) is 10.3. The van der Waals surface area contributed by atoms with Gasteiger partial charge >= 0.3 is 0 Å². The molecule has 0 atom stereocenters. The summed E-state index contributed by atoms with van der Waals surface area (Å²) >= 11 is 4.15. The van der Waals surface area contributed by atoms with Gasteiger partial charge in [-0.3, -0.25) is 4.68 Å². The molecule has 0 N–H and O–H groups in total. The average molecular weight is 156 g/mol. The molecule has 0 amide bonds. The Bertz CT molecular complexity index is 217. The standard InChI is InChI=1S/C7H12N2S/c1-6-7(3-4-10)5-8-9(6)2/h5,10H,3-4H2,1-2H3. The van der Waals surface area contributed by atoms with E-state index in [2.05, 4.69) is 24.7 Å². The van der Waals surface area contributed by atoms with Gasteiger partial charge in [0.2, 0.25) is 0 Å². The van der Waals surface area contributed by atoms with Crippen LogP contribution in [0.2, 0.25) is 0 Å². The van der Waals surface area contributed by atoms with Crippen LogP contribution >= 0.6 is 12.6 Å². The Kier molecular flexibility index (Phi) is 2.38. The molecule has 1 rings (SSSR count). The summed E-state index contributed by atoms with van der Waals surface area (Å²) in [6.45, 7) is 2.08. The second kappa shape index (κ2) is 3.10. The Morgan fingerprint density at radius 1 is 1.70 bits per heavy atom. The van der Waals surface area contributed by atoms with Crippen molar-refractivity contribution in [2.45, 2.75) is 13.3 Å². The lowest BCUT2D eigenvalue weighted by Gasteiger charge is -1.95. The first kappa shape index (κ1) is 7.66. The molecule has 0 aliphatic rings. The molecule has 2 nitrogen and oxygen atoms in total. The highest BCUT2D eigenvalue weighted by molar-refractivity contribution is 7.80. The molecule has 3 heteroatoms. The SMILES string of the molecule is Cc1c(CCS)cnn1C. The van der Waals surface area contributed by atoms with Gasteiger partial charge in [0, 0.05) is 12.7 Å². The summed E-state index contributed by atoms with van der Waals surface area (Å²) in [7, 11) is 1.96. The van der Waals surface area contributed by atoms with Crippen molar-refractivity contribution < 1.29 is 0 Å². The minimum absolute atomic E-state index is 0.895. The Morgan fingerprint density at radius 2 is 2.40 bits per heavy atom. The van der Waals surface area contributed by atoms with Crippen molar-refractivity contribution in [3.05, 3.63) is 17.5 Å². The van der Waals surface area contributed by atoms with Crippen molar-refractivity contribution in [1.29, 1.82) is 0 Å². The highest BCUT2D eigenvalue weighted by Gasteiger charge is 2.00. The van der Waals surface area contributed by atoms with Crippen LogP contribution in [0.4, 0.5) is 0 Å². The number of hydrogen-bond donors (Lipinski definition) is 1. The van der Waals surface area contributed by atoms with Crippen LogP contribution in [0.1, 0.15) is 11.3 Å². The van der Waals surface area contributed by atoms with Crippen LogP contribution in [0.3, 0.4) is 0 Å². The van der Waals surface area contributed by atoms with Crippen molar-refractivity contribution in [2.24, 2.45) is 7.05 Å². The van der Waals surface area contributed by atoms with Gasteiger partial charge in [0.25, 0.3) is 0 Å². The molecule has 56 valence electrons. The van der Waals surface area contributed by atoms with Crippen LogP contribution in [-0.2, 0) is 13.5 Å². The summed E-state index contributed by atoms with van der Waals surface area (Å²) in [5, 5.41) is 4.12. The van der Waals surface area contributed by atoms with Crippen molar-refractivity contribution in [3.8, 4) is 0 Å². The van der Waals surface area contributed by atoms with Gasteiger partial charge in [-0.2, -0.15) is 17.7 Å². The lowest BCUT2D eigenvalue weighted by atomic mass is 10.2. The van der Waals surface area contributed by atoms with Gasteiger partial charge < -0.3 is 0 Å². The molecular formula is C7H12N2S. The zero-order chi connectivity index (χ0) is 7.56. The molecule has 0 fully saturated rings. The summed E-state index contributed by atoms with van der Waals surface area (Å²) in [5.74, 6) is 0.895. The van der Waals surface area contributed by atoms with Gasteiger partial charge in [-0.1, -0.05) is 0 Å². The van der Waals surface area contributed by atoms with E-state index in [9.17, 15) is 0 Å². The van der Waals surface area contributed by atoms with Crippen LogP contribution in [0, 0.1) is 6.92 Å². The molecule has 0 aliphatic carbocycles. The van der Waals surface area contributed by atoms with Crippen LogP contribution in [0.15, 0.2) is 6.20 Å². The fourth-order valence-electron chi connectivity index (χ4n) is 0.910. The minimum atomic E-state index is 0.895. The average Bonchev–Trinajstić information content (AvgIpc) is 2.20. The maximum Gasteiger partial charge on any atom is 0.0524 e. The largest absolute Gasteiger partial charge is 0.273 e. The molecule has 1 aromatic heterocycles. The molecule has 0 saturated heterocycles. The number of aromatic nitrogens is 2. The molecule has 0 bridgehead atoms. The molecule has 0 unspecified atom stereocenters.